The first-order chi connectivity index (χ1) is 10.6. The van der Waals surface area contributed by atoms with Crippen LogP contribution in [0.3, 0.4) is 0 Å². The number of aromatic hydroxyl groups is 1. The van der Waals surface area contributed by atoms with Crippen molar-refractivity contribution in [3.8, 4) is 5.75 Å². The van der Waals surface area contributed by atoms with E-state index in [0.29, 0.717) is 17.3 Å². The Bertz CT molecular complexity index is 512. The fourth-order valence-corrected chi connectivity index (χ4v) is 4.66. The molecule has 0 bridgehead atoms. The van der Waals surface area contributed by atoms with Crippen molar-refractivity contribution in [2.75, 3.05) is 11.5 Å². The summed E-state index contributed by atoms with van der Waals surface area (Å²) in [6.45, 7) is 2.39. The van der Waals surface area contributed by atoms with Gasteiger partial charge in [-0.25, -0.2) is 0 Å². The van der Waals surface area contributed by atoms with Gasteiger partial charge in [0.2, 0.25) is 0 Å². The summed E-state index contributed by atoms with van der Waals surface area (Å²) >= 11 is 0. The molecule has 5 N–H and O–H groups in total. The Balaban J connectivity index is 1.61. The fraction of sp³-hybridized carbons (Fsp3) is 0.684. The van der Waals surface area contributed by atoms with Gasteiger partial charge < -0.3 is 16.6 Å². The van der Waals surface area contributed by atoms with Gasteiger partial charge in [-0.15, -0.1) is 0 Å². The van der Waals surface area contributed by atoms with E-state index in [1.54, 1.807) is 6.07 Å². The Morgan fingerprint density at radius 2 is 1.36 bits per heavy atom. The average molecular weight is 302 g/mol. The van der Waals surface area contributed by atoms with Gasteiger partial charge in [0, 0.05) is 0 Å². The summed E-state index contributed by atoms with van der Waals surface area (Å²) in [5.41, 5.74) is 14.1. The molecule has 0 spiro atoms. The molecule has 3 heteroatoms. The van der Waals surface area contributed by atoms with Gasteiger partial charge >= 0.3 is 0 Å². The van der Waals surface area contributed by atoms with Crippen LogP contribution in [-0.2, 0) is 0 Å². The summed E-state index contributed by atoms with van der Waals surface area (Å²) in [5, 5.41) is 9.65. The molecule has 1 aromatic rings. The summed E-state index contributed by atoms with van der Waals surface area (Å²) in [6.07, 6.45) is 10.8. The minimum Gasteiger partial charge on any atom is -0.506 e. The number of phenolic OH excluding ortho intramolecular Hbond substituents is 1. The van der Waals surface area contributed by atoms with Crippen molar-refractivity contribution in [3.05, 3.63) is 17.7 Å². The zero-order chi connectivity index (χ0) is 15.7. The second kappa shape index (κ2) is 6.39. The second-order valence-corrected chi connectivity index (χ2v) is 7.63. The molecule has 2 fully saturated rings. The van der Waals surface area contributed by atoms with Crippen molar-refractivity contribution < 1.29 is 5.11 Å². The number of nitrogen functional groups attached to an aromatic ring is 2. The Kier molecular flexibility index (Phi) is 4.51. The third-order valence-electron chi connectivity index (χ3n) is 6.24. The summed E-state index contributed by atoms with van der Waals surface area (Å²) in [4.78, 5) is 0. The molecule has 2 aliphatic rings. The molecule has 2 saturated carbocycles. The number of rotatable bonds is 2. The zero-order valence-corrected chi connectivity index (χ0v) is 13.7. The number of nitrogens with two attached hydrogens (primary N) is 2. The van der Waals surface area contributed by atoms with Crippen molar-refractivity contribution in [3.63, 3.8) is 0 Å². The standard InChI is InChI=1S/C19H30N2O/c1-12-2-4-13(5-3-12)14-6-8-15(9-7-14)16-10-11-17(22)19(21)18(16)20/h10-15,22H,2-9,20-21H2,1H3. The Hall–Kier alpha value is -1.38. The molecule has 0 aromatic heterocycles. The van der Waals surface area contributed by atoms with Crippen LogP contribution in [0.25, 0.3) is 0 Å². The van der Waals surface area contributed by atoms with Crippen LogP contribution in [0, 0.1) is 17.8 Å². The zero-order valence-electron chi connectivity index (χ0n) is 13.7. The normalized spacial score (nSPS) is 32.8. The highest BCUT2D eigenvalue weighted by Gasteiger charge is 2.31. The number of anilines is 2. The molecule has 22 heavy (non-hydrogen) atoms. The van der Waals surface area contributed by atoms with Crippen LogP contribution in [0.2, 0.25) is 0 Å². The highest BCUT2D eigenvalue weighted by atomic mass is 16.3. The predicted molar refractivity (Wildman–Crippen MR) is 92.8 cm³/mol. The lowest BCUT2D eigenvalue weighted by Crippen LogP contribution is -2.25. The fourth-order valence-electron chi connectivity index (χ4n) is 4.66. The third-order valence-corrected chi connectivity index (χ3v) is 6.24. The van der Waals surface area contributed by atoms with Gasteiger partial charge in [-0.2, -0.15) is 0 Å². The van der Waals surface area contributed by atoms with Gasteiger partial charge in [0.1, 0.15) is 5.75 Å². The molecule has 0 unspecified atom stereocenters. The first kappa shape index (κ1) is 15.5. The van der Waals surface area contributed by atoms with Crippen LogP contribution in [0.5, 0.6) is 5.75 Å². The molecular formula is C19H30N2O. The van der Waals surface area contributed by atoms with Crippen LogP contribution in [0.15, 0.2) is 12.1 Å². The summed E-state index contributed by atoms with van der Waals surface area (Å²) in [5.74, 6) is 3.43. The van der Waals surface area contributed by atoms with Gasteiger partial charge in [0.15, 0.2) is 0 Å². The van der Waals surface area contributed by atoms with E-state index in [-0.39, 0.29) is 5.75 Å². The van der Waals surface area contributed by atoms with Crippen molar-refractivity contribution in [1.82, 2.24) is 0 Å². The lowest BCUT2D eigenvalue weighted by Gasteiger charge is -2.37. The second-order valence-electron chi connectivity index (χ2n) is 7.63. The molecular weight excluding hydrogens is 272 g/mol. The lowest BCUT2D eigenvalue weighted by atomic mass is 9.68. The van der Waals surface area contributed by atoms with E-state index in [9.17, 15) is 5.11 Å². The van der Waals surface area contributed by atoms with Crippen molar-refractivity contribution >= 4 is 11.4 Å². The van der Waals surface area contributed by atoms with Gasteiger partial charge in [0.25, 0.3) is 0 Å². The largest absolute Gasteiger partial charge is 0.506 e. The van der Waals surface area contributed by atoms with E-state index in [0.717, 1.165) is 23.3 Å². The van der Waals surface area contributed by atoms with Crippen LogP contribution in [-0.4, -0.2) is 5.11 Å². The van der Waals surface area contributed by atoms with E-state index >= 15 is 0 Å². The first-order valence-electron chi connectivity index (χ1n) is 8.93. The summed E-state index contributed by atoms with van der Waals surface area (Å²) in [7, 11) is 0. The van der Waals surface area contributed by atoms with Gasteiger partial charge in [-0.1, -0.05) is 25.8 Å². The van der Waals surface area contributed by atoms with E-state index in [1.807, 2.05) is 6.07 Å². The maximum absolute atomic E-state index is 9.65. The SMILES string of the molecule is CC1CCC(C2CCC(c3ccc(O)c(N)c3N)CC2)CC1. The number of hydrogen-bond acceptors (Lipinski definition) is 3. The first-order valence-corrected chi connectivity index (χ1v) is 8.93. The van der Waals surface area contributed by atoms with Crippen LogP contribution >= 0.6 is 0 Å². The molecule has 3 rings (SSSR count). The molecule has 1 aromatic carbocycles. The van der Waals surface area contributed by atoms with Gasteiger partial charge in [-0.05, 0) is 73.8 Å². The number of hydrogen-bond donors (Lipinski definition) is 3. The Morgan fingerprint density at radius 1 is 0.818 bits per heavy atom. The maximum atomic E-state index is 9.65. The summed E-state index contributed by atoms with van der Waals surface area (Å²) in [6, 6.07) is 3.66. The Labute approximate surface area is 134 Å². The van der Waals surface area contributed by atoms with Crippen molar-refractivity contribution in [2.24, 2.45) is 17.8 Å². The number of benzene rings is 1. The number of phenols is 1. The van der Waals surface area contributed by atoms with E-state index in [2.05, 4.69) is 6.92 Å². The minimum atomic E-state index is 0.103. The van der Waals surface area contributed by atoms with Crippen molar-refractivity contribution in [1.29, 1.82) is 0 Å². The third kappa shape index (κ3) is 3.04. The molecule has 0 saturated heterocycles. The smallest absolute Gasteiger partial charge is 0.140 e. The highest BCUT2D eigenvalue weighted by molar-refractivity contribution is 5.74. The van der Waals surface area contributed by atoms with E-state index < -0.39 is 0 Å². The lowest BCUT2D eigenvalue weighted by molar-refractivity contribution is 0.165. The molecule has 0 amide bonds. The quantitative estimate of drug-likeness (QED) is 0.549. The molecule has 0 atom stereocenters. The molecule has 0 heterocycles. The van der Waals surface area contributed by atoms with Crippen molar-refractivity contribution in [2.45, 2.75) is 64.2 Å². The molecule has 0 aliphatic heterocycles. The van der Waals surface area contributed by atoms with Gasteiger partial charge in [-0.3, -0.25) is 0 Å². The van der Waals surface area contributed by atoms with Crippen LogP contribution < -0.4 is 11.5 Å². The average Bonchev–Trinajstić information content (AvgIpc) is 2.54. The molecule has 0 radical (unpaired) electrons. The van der Waals surface area contributed by atoms with Crippen LogP contribution in [0.1, 0.15) is 69.8 Å². The molecule has 122 valence electrons. The minimum absolute atomic E-state index is 0.103. The van der Waals surface area contributed by atoms with Crippen LogP contribution in [0.4, 0.5) is 11.4 Å². The highest BCUT2D eigenvalue weighted by Crippen LogP contribution is 2.46. The topological polar surface area (TPSA) is 72.3 Å². The Morgan fingerprint density at radius 3 is 1.95 bits per heavy atom. The monoisotopic (exact) mass is 302 g/mol. The molecule has 2 aliphatic carbocycles. The van der Waals surface area contributed by atoms with E-state index in [4.69, 9.17) is 11.5 Å². The van der Waals surface area contributed by atoms with E-state index in [1.165, 1.54) is 51.4 Å². The summed E-state index contributed by atoms with van der Waals surface area (Å²) < 4.78 is 0. The predicted octanol–water partition coefficient (Wildman–Crippen LogP) is 4.66. The maximum Gasteiger partial charge on any atom is 0.140 e. The molecule has 3 nitrogen and oxygen atoms in total. The van der Waals surface area contributed by atoms with Gasteiger partial charge in [0.05, 0.1) is 11.4 Å².